The number of ether oxygens (including phenoxy) is 2. The van der Waals surface area contributed by atoms with Crippen molar-refractivity contribution >= 4 is 39.9 Å². The summed E-state index contributed by atoms with van der Waals surface area (Å²) in [4.78, 5) is 37.9. The van der Waals surface area contributed by atoms with Crippen molar-refractivity contribution in [1.82, 2.24) is 0 Å². The van der Waals surface area contributed by atoms with E-state index in [4.69, 9.17) is 9.47 Å². The molecule has 1 fully saturated rings. The molecule has 3 heterocycles. The van der Waals surface area contributed by atoms with Gasteiger partial charge in [-0.1, -0.05) is 6.07 Å². The molecule has 0 saturated carbocycles. The Kier molecular flexibility index (Phi) is 4.12. The van der Waals surface area contributed by atoms with Gasteiger partial charge < -0.3 is 19.7 Å². The second-order valence-corrected chi connectivity index (χ2v) is 6.95. The topological polar surface area (TPSA) is 84.9 Å². The molecule has 4 rings (SSSR count). The zero-order valence-electron chi connectivity index (χ0n) is 14.0. The lowest BCUT2D eigenvalue weighted by Crippen LogP contribution is -2.33. The van der Waals surface area contributed by atoms with Gasteiger partial charge in [0.05, 0.1) is 18.2 Å². The van der Waals surface area contributed by atoms with E-state index in [1.54, 1.807) is 22.4 Å². The van der Waals surface area contributed by atoms with Crippen LogP contribution in [0.4, 0.5) is 10.7 Å². The third-order valence-electron chi connectivity index (χ3n) is 4.53. The number of nitrogens with one attached hydrogen (secondary N) is 1. The van der Waals surface area contributed by atoms with Crippen LogP contribution in [0.1, 0.15) is 32.7 Å². The van der Waals surface area contributed by atoms with Crippen molar-refractivity contribution in [2.75, 3.05) is 23.9 Å². The molecular weight excluding hydrogens is 356 g/mol. The molecule has 2 aromatic rings. The normalized spacial score (nSPS) is 18.7. The second kappa shape index (κ2) is 6.45. The number of hydrogen-bond donors (Lipinski definition) is 1. The number of amides is 1. The van der Waals surface area contributed by atoms with E-state index in [9.17, 15) is 14.4 Å². The lowest BCUT2D eigenvalue weighted by Gasteiger charge is -2.17. The van der Waals surface area contributed by atoms with E-state index in [0.29, 0.717) is 41.4 Å². The van der Waals surface area contributed by atoms with Crippen molar-refractivity contribution in [3.05, 3.63) is 46.3 Å². The highest BCUT2D eigenvalue weighted by Gasteiger charge is 2.35. The third kappa shape index (κ3) is 2.72. The fraction of sp³-hybridized carbons (Fsp3) is 0.278. The first-order valence-corrected chi connectivity index (χ1v) is 9.00. The number of esters is 2. The van der Waals surface area contributed by atoms with Gasteiger partial charge in [-0.15, -0.1) is 11.3 Å². The monoisotopic (exact) mass is 372 g/mol. The van der Waals surface area contributed by atoms with Crippen molar-refractivity contribution in [2.45, 2.75) is 19.1 Å². The van der Waals surface area contributed by atoms with Crippen LogP contribution in [0, 0.1) is 0 Å². The zero-order chi connectivity index (χ0) is 18.3. The first-order valence-electron chi connectivity index (χ1n) is 8.12. The summed E-state index contributed by atoms with van der Waals surface area (Å²) in [6, 6.07) is 6.62. The number of carbonyl (C=O) groups excluding carboxylic acids is 3. The summed E-state index contributed by atoms with van der Waals surface area (Å²) in [5, 5.41) is 5.55. The van der Waals surface area contributed by atoms with Gasteiger partial charge in [0.25, 0.3) is 0 Å². The van der Waals surface area contributed by atoms with E-state index in [1.165, 1.54) is 18.4 Å². The van der Waals surface area contributed by atoms with Gasteiger partial charge >= 0.3 is 11.9 Å². The molecule has 2 aliphatic rings. The van der Waals surface area contributed by atoms with E-state index >= 15 is 0 Å². The van der Waals surface area contributed by atoms with Gasteiger partial charge in [0, 0.05) is 17.8 Å². The van der Waals surface area contributed by atoms with Crippen LogP contribution < -0.4 is 10.2 Å². The molecule has 2 aliphatic heterocycles. The van der Waals surface area contributed by atoms with Gasteiger partial charge in [-0.3, -0.25) is 4.79 Å². The molecule has 1 amide bonds. The maximum absolute atomic E-state index is 12.8. The Hall–Kier alpha value is -2.87. The summed E-state index contributed by atoms with van der Waals surface area (Å²) in [5.74, 6) is -0.910. The Morgan fingerprint density at radius 3 is 3.00 bits per heavy atom. The second-order valence-electron chi connectivity index (χ2n) is 6.05. The van der Waals surface area contributed by atoms with E-state index in [1.807, 2.05) is 12.1 Å². The number of anilines is 2. The minimum absolute atomic E-state index is 0.110. The molecule has 1 N–H and O–H groups in total. The maximum Gasteiger partial charge on any atom is 0.340 e. The molecule has 0 aliphatic carbocycles. The lowest BCUT2D eigenvalue weighted by molar-refractivity contribution is -0.117. The molecule has 1 aromatic heterocycles. The summed E-state index contributed by atoms with van der Waals surface area (Å²) >= 11 is 1.33. The number of fused-ring (bicyclic) bond motifs is 1. The fourth-order valence-corrected chi connectivity index (χ4v) is 4.12. The lowest BCUT2D eigenvalue weighted by atomic mass is 10.1. The molecule has 7 nitrogen and oxygen atoms in total. The SMILES string of the molecule is COC(=O)c1ccsc1N1CCC(Nc2ccc3c(c2)C(=O)OC3)C1=O. The number of methoxy groups -OCH3 is 1. The summed E-state index contributed by atoms with van der Waals surface area (Å²) in [6.45, 7) is 0.799. The molecule has 1 atom stereocenters. The van der Waals surface area contributed by atoms with Crippen molar-refractivity contribution in [3.63, 3.8) is 0 Å². The predicted molar refractivity (Wildman–Crippen MR) is 95.6 cm³/mol. The maximum atomic E-state index is 12.8. The van der Waals surface area contributed by atoms with Crippen LogP contribution in [0.3, 0.4) is 0 Å². The highest BCUT2D eigenvalue weighted by atomic mass is 32.1. The average Bonchev–Trinajstić information content (AvgIpc) is 3.35. The molecule has 1 saturated heterocycles. The zero-order valence-corrected chi connectivity index (χ0v) is 14.8. The van der Waals surface area contributed by atoms with Crippen LogP contribution in [-0.4, -0.2) is 37.5 Å². The Bertz CT molecular complexity index is 907. The molecule has 8 heteroatoms. The first kappa shape index (κ1) is 16.6. The fourth-order valence-electron chi connectivity index (χ4n) is 3.20. The van der Waals surface area contributed by atoms with Crippen LogP contribution in [-0.2, 0) is 20.9 Å². The van der Waals surface area contributed by atoms with Gasteiger partial charge in [-0.05, 0) is 30.0 Å². The number of benzene rings is 1. The molecule has 0 bridgehead atoms. The standard InChI is InChI=1S/C18H16N2O5S/c1-24-17(22)12-5-7-26-16(12)20-6-4-14(15(20)21)19-11-3-2-10-9-25-18(23)13(10)8-11/h2-3,5,7-8,14,19H,4,6,9H2,1H3. The minimum Gasteiger partial charge on any atom is -0.465 e. The van der Waals surface area contributed by atoms with Crippen LogP contribution in [0.2, 0.25) is 0 Å². The molecular formula is C18H16N2O5S. The number of rotatable bonds is 4. The van der Waals surface area contributed by atoms with Crippen LogP contribution in [0.15, 0.2) is 29.6 Å². The third-order valence-corrected chi connectivity index (χ3v) is 5.47. The van der Waals surface area contributed by atoms with Gasteiger partial charge in [0.1, 0.15) is 17.6 Å². The molecule has 1 aromatic carbocycles. The first-order chi connectivity index (χ1) is 12.6. The number of cyclic esters (lactones) is 1. The highest BCUT2D eigenvalue weighted by Crippen LogP contribution is 2.33. The summed E-state index contributed by atoms with van der Waals surface area (Å²) in [6.07, 6.45) is 0.596. The molecule has 134 valence electrons. The summed E-state index contributed by atoms with van der Waals surface area (Å²) < 4.78 is 9.77. The van der Waals surface area contributed by atoms with E-state index in [2.05, 4.69) is 5.32 Å². The van der Waals surface area contributed by atoms with Crippen molar-refractivity contribution < 1.29 is 23.9 Å². The Morgan fingerprint density at radius 1 is 1.35 bits per heavy atom. The van der Waals surface area contributed by atoms with Crippen LogP contribution >= 0.6 is 11.3 Å². The predicted octanol–water partition coefficient (Wildman–Crippen LogP) is 2.42. The Morgan fingerprint density at radius 2 is 2.19 bits per heavy atom. The van der Waals surface area contributed by atoms with Gasteiger partial charge in [-0.25, -0.2) is 9.59 Å². The van der Waals surface area contributed by atoms with E-state index < -0.39 is 12.0 Å². The Labute approximate surface area is 153 Å². The van der Waals surface area contributed by atoms with Gasteiger partial charge in [-0.2, -0.15) is 0 Å². The van der Waals surface area contributed by atoms with Crippen LogP contribution in [0.5, 0.6) is 0 Å². The molecule has 26 heavy (non-hydrogen) atoms. The number of hydrogen-bond acceptors (Lipinski definition) is 7. The smallest absolute Gasteiger partial charge is 0.340 e. The number of carbonyl (C=O) groups is 3. The number of nitrogens with zero attached hydrogens (tertiary/aromatic N) is 1. The van der Waals surface area contributed by atoms with Crippen molar-refractivity contribution in [1.29, 1.82) is 0 Å². The molecule has 0 spiro atoms. The van der Waals surface area contributed by atoms with Crippen molar-refractivity contribution in [2.24, 2.45) is 0 Å². The highest BCUT2D eigenvalue weighted by molar-refractivity contribution is 7.14. The quantitative estimate of drug-likeness (QED) is 0.830. The summed E-state index contributed by atoms with van der Waals surface area (Å²) in [5.41, 5.74) is 2.47. The number of thiophene rings is 1. The molecule has 1 unspecified atom stereocenters. The Balaban J connectivity index is 1.52. The minimum atomic E-state index is -0.456. The van der Waals surface area contributed by atoms with E-state index in [-0.39, 0.29) is 11.9 Å². The molecule has 0 radical (unpaired) electrons. The largest absolute Gasteiger partial charge is 0.465 e. The van der Waals surface area contributed by atoms with Crippen LogP contribution in [0.25, 0.3) is 0 Å². The van der Waals surface area contributed by atoms with Gasteiger partial charge in [0.2, 0.25) is 5.91 Å². The summed E-state index contributed by atoms with van der Waals surface area (Å²) in [7, 11) is 1.32. The van der Waals surface area contributed by atoms with E-state index in [0.717, 1.165) is 5.56 Å². The average molecular weight is 372 g/mol. The van der Waals surface area contributed by atoms with Gasteiger partial charge in [0.15, 0.2) is 0 Å². The van der Waals surface area contributed by atoms with Crippen molar-refractivity contribution in [3.8, 4) is 0 Å².